The summed E-state index contributed by atoms with van der Waals surface area (Å²) in [6.45, 7) is 0. The van der Waals surface area contributed by atoms with Crippen LogP contribution in [0.4, 0.5) is 5.95 Å². The Morgan fingerprint density at radius 3 is 2.32 bits per heavy atom. The SMILES string of the molecule is CN(C)c1n[nH]c(Cc2ccc(S(C)(=O)=O)cc2)n1. The summed E-state index contributed by atoms with van der Waals surface area (Å²) < 4.78 is 22.7. The first kappa shape index (κ1) is 13.5. The number of hydrogen-bond acceptors (Lipinski definition) is 5. The van der Waals surface area contributed by atoms with Crippen molar-refractivity contribution in [3.05, 3.63) is 35.7 Å². The fourth-order valence-corrected chi connectivity index (χ4v) is 2.24. The maximum Gasteiger partial charge on any atom is 0.244 e. The third-order valence-corrected chi connectivity index (χ3v) is 3.77. The Kier molecular flexibility index (Phi) is 3.57. The van der Waals surface area contributed by atoms with E-state index in [9.17, 15) is 8.42 Å². The van der Waals surface area contributed by atoms with Crippen molar-refractivity contribution in [1.29, 1.82) is 0 Å². The molecule has 0 aliphatic carbocycles. The second-order valence-electron chi connectivity index (χ2n) is 4.57. The average molecular weight is 280 g/mol. The maximum absolute atomic E-state index is 11.3. The number of hydrogen-bond donors (Lipinski definition) is 1. The van der Waals surface area contributed by atoms with Gasteiger partial charge in [-0.3, -0.25) is 5.10 Å². The molecular weight excluding hydrogens is 264 g/mol. The molecule has 1 N–H and O–H groups in total. The van der Waals surface area contributed by atoms with Gasteiger partial charge >= 0.3 is 0 Å². The molecule has 0 aliphatic heterocycles. The van der Waals surface area contributed by atoms with Crippen LogP contribution in [0.25, 0.3) is 0 Å². The van der Waals surface area contributed by atoms with Gasteiger partial charge in [-0.05, 0) is 17.7 Å². The van der Waals surface area contributed by atoms with Crippen LogP contribution in [0.15, 0.2) is 29.2 Å². The summed E-state index contributed by atoms with van der Waals surface area (Å²) >= 11 is 0. The van der Waals surface area contributed by atoms with Crippen molar-refractivity contribution < 1.29 is 8.42 Å². The zero-order chi connectivity index (χ0) is 14.0. The number of rotatable bonds is 4. The highest BCUT2D eigenvalue weighted by molar-refractivity contribution is 7.90. The van der Waals surface area contributed by atoms with Gasteiger partial charge in [0.05, 0.1) is 4.90 Å². The van der Waals surface area contributed by atoms with Crippen LogP contribution in [0.2, 0.25) is 0 Å². The number of anilines is 1. The number of nitrogens with zero attached hydrogens (tertiary/aromatic N) is 3. The summed E-state index contributed by atoms with van der Waals surface area (Å²) in [5.41, 5.74) is 0.980. The molecule has 7 heteroatoms. The molecule has 1 aromatic carbocycles. The lowest BCUT2D eigenvalue weighted by molar-refractivity contribution is 0.602. The highest BCUT2D eigenvalue weighted by Gasteiger charge is 2.08. The largest absolute Gasteiger partial charge is 0.346 e. The fourth-order valence-electron chi connectivity index (χ4n) is 1.61. The molecule has 102 valence electrons. The van der Waals surface area contributed by atoms with E-state index in [1.54, 1.807) is 24.3 Å². The molecule has 0 unspecified atom stereocenters. The number of sulfone groups is 1. The molecule has 0 radical (unpaired) electrons. The molecule has 0 fully saturated rings. The molecule has 2 rings (SSSR count). The van der Waals surface area contributed by atoms with Crippen molar-refractivity contribution in [3.8, 4) is 0 Å². The van der Waals surface area contributed by atoms with Gasteiger partial charge in [0.15, 0.2) is 9.84 Å². The van der Waals surface area contributed by atoms with E-state index in [-0.39, 0.29) is 0 Å². The van der Waals surface area contributed by atoms with Gasteiger partial charge in [-0.2, -0.15) is 4.98 Å². The summed E-state index contributed by atoms with van der Waals surface area (Å²) in [6, 6.07) is 6.78. The van der Waals surface area contributed by atoms with E-state index in [0.717, 1.165) is 11.4 Å². The maximum atomic E-state index is 11.3. The van der Waals surface area contributed by atoms with E-state index < -0.39 is 9.84 Å². The molecule has 0 atom stereocenters. The zero-order valence-corrected chi connectivity index (χ0v) is 11.9. The van der Waals surface area contributed by atoms with Gasteiger partial charge in [-0.15, -0.1) is 5.10 Å². The van der Waals surface area contributed by atoms with Crippen molar-refractivity contribution in [2.75, 3.05) is 25.3 Å². The molecule has 1 aromatic heterocycles. The molecule has 6 nitrogen and oxygen atoms in total. The molecule has 1 heterocycles. The molecule has 0 amide bonds. The fraction of sp³-hybridized carbons (Fsp3) is 0.333. The highest BCUT2D eigenvalue weighted by atomic mass is 32.2. The Morgan fingerprint density at radius 1 is 1.21 bits per heavy atom. The van der Waals surface area contributed by atoms with Crippen molar-refractivity contribution in [2.24, 2.45) is 0 Å². The molecular formula is C12H16N4O2S. The Bertz CT molecular complexity index is 659. The predicted octanol–water partition coefficient (Wildman–Crippen LogP) is 0.865. The van der Waals surface area contributed by atoms with Gasteiger partial charge in [-0.1, -0.05) is 12.1 Å². The van der Waals surface area contributed by atoms with Crippen LogP contribution in [-0.4, -0.2) is 44.0 Å². The van der Waals surface area contributed by atoms with Crippen LogP contribution in [0.3, 0.4) is 0 Å². The Hall–Kier alpha value is -1.89. The second kappa shape index (κ2) is 5.00. The standard InChI is InChI=1S/C12H16N4O2S/c1-16(2)12-13-11(14-15-12)8-9-4-6-10(7-5-9)19(3,17)18/h4-7H,8H2,1-3H3,(H,13,14,15). The van der Waals surface area contributed by atoms with E-state index in [2.05, 4.69) is 15.2 Å². The van der Waals surface area contributed by atoms with Crippen LogP contribution >= 0.6 is 0 Å². The summed E-state index contributed by atoms with van der Waals surface area (Å²) in [4.78, 5) is 6.45. The third-order valence-electron chi connectivity index (χ3n) is 2.64. The summed E-state index contributed by atoms with van der Waals surface area (Å²) in [7, 11) is 0.596. The van der Waals surface area contributed by atoms with Gasteiger partial charge in [0, 0.05) is 26.8 Å². The molecule has 0 saturated heterocycles. The minimum absolute atomic E-state index is 0.322. The van der Waals surface area contributed by atoms with E-state index in [4.69, 9.17) is 0 Å². The van der Waals surface area contributed by atoms with Crippen LogP contribution in [0.5, 0.6) is 0 Å². The lowest BCUT2D eigenvalue weighted by Gasteiger charge is -2.03. The molecule has 0 aliphatic rings. The number of benzene rings is 1. The zero-order valence-electron chi connectivity index (χ0n) is 11.1. The highest BCUT2D eigenvalue weighted by Crippen LogP contribution is 2.13. The van der Waals surface area contributed by atoms with Gasteiger partial charge in [-0.25, -0.2) is 8.42 Å². The van der Waals surface area contributed by atoms with Crippen molar-refractivity contribution >= 4 is 15.8 Å². The molecule has 2 aromatic rings. The van der Waals surface area contributed by atoms with Gasteiger partial charge in [0.2, 0.25) is 5.95 Å². The first-order valence-corrected chi connectivity index (χ1v) is 7.63. The van der Waals surface area contributed by atoms with Gasteiger partial charge < -0.3 is 4.90 Å². The van der Waals surface area contributed by atoms with E-state index in [1.165, 1.54) is 6.26 Å². The smallest absolute Gasteiger partial charge is 0.244 e. The van der Waals surface area contributed by atoms with Crippen molar-refractivity contribution in [1.82, 2.24) is 15.2 Å². The topological polar surface area (TPSA) is 79.0 Å². The summed E-state index contributed by atoms with van der Waals surface area (Å²) in [5, 5.41) is 6.92. The molecule has 19 heavy (non-hydrogen) atoms. The Labute approximate surface area is 112 Å². The lowest BCUT2D eigenvalue weighted by Crippen LogP contribution is -2.10. The van der Waals surface area contributed by atoms with Crippen LogP contribution in [0.1, 0.15) is 11.4 Å². The monoisotopic (exact) mass is 280 g/mol. The van der Waals surface area contributed by atoms with E-state index >= 15 is 0 Å². The minimum Gasteiger partial charge on any atom is -0.346 e. The van der Waals surface area contributed by atoms with Gasteiger partial charge in [0.1, 0.15) is 5.82 Å². The first-order chi connectivity index (χ1) is 8.86. The van der Waals surface area contributed by atoms with Crippen LogP contribution < -0.4 is 4.90 Å². The first-order valence-electron chi connectivity index (χ1n) is 5.74. The van der Waals surface area contributed by atoms with E-state index in [1.807, 2.05) is 19.0 Å². The molecule has 0 bridgehead atoms. The number of aromatic amines is 1. The summed E-state index contributed by atoms with van der Waals surface area (Å²) in [5.74, 6) is 1.37. The van der Waals surface area contributed by atoms with Crippen molar-refractivity contribution in [2.45, 2.75) is 11.3 Å². The molecule has 0 saturated carbocycles. The quantitative estimate of drug-likeness (QED) is 0.899. The lowest BCUT2D eigenvalue weighted by atomic mass is 10.1. The Morgan fingerprint density at radius 2 is 1.84 bits per heavy atom. The van der Waals surface area contributed by atoms with E-state index in [0.29, 0.717) is 17.3 Å². The molecule has 0 spiro atoms. The third kappa shape index (κ3) is 3.31. The van der Waals surface area contributed by atoms with Crippen LogP contribution in [-0.2, 0) is 16.3 Å². The normalized spacial score (nSPS) is 11.5. The summed E-state index contributed by atoms with van der Waals surface area (Å²) in [6.07, 6.45) is 1.78. The van der Waals surface area contributed by atoms with Crippen molar-refractivity contribution in [3.63, 3.8) is 0 Å². The van der Waals surface area contributed by atoms with Crippen LogP contribution in [0, 0.1) is 0 Å². The number of H-pyrrole nitrogens is 1. The number of nitrogens with one attached hydrogen (secondary N) is 1. The minimum atomic E-state index is -3.14. The second-order valence-corrected chi connectivity index (χ2v) is 6.59. The Balaban J connectivity index is 2.15. The predicted molar refractivity (Wildman–Crippen MR) is 73.1 cm³/mol. The number of aromatic nitrogens is 3. The van der Waals surface area contributed by atoms with Gasteiger partial charge in [0.25, 0.3) is 0 Å². The average Bonchev–Trinajstić information content (AvgIpc) is 2.77.